The van der Waals surface area contributed by atoms with Crippen LogP contribution in [0.3, 0.4) is 0 Å². The molecule has 1 amide bonds. The molecular formula is C28H22ClF3N6O. The topological polar surface area (TPSA) is 77.1 Å². The van der Waals surface area contributed by atoms with Crippen LogP contribution in [0, 0.1) is 13.8 Å². The van der Waals surface area contributed by atoms with E-state index in [1.54, 1.807) is 36.7 Å². The van der Waals surface area contributed by atoms with Gasteiger partial charge in [0.15, 0.2) is 17.0 Å². The predicted octanol–water partition coefficient (Wildman–Crippen LogP) is 6.28. The molecule has 0 saturated carbocycles. The molecule has 3 aromatic heterocycles. The highest BCUT2D eigenvalue weighted by atomic mass is 35.5. The van der Waals surface area contributed by atoms with Crippen molar-refractivity contribution < 1.29 is 18.0 Å². The molecule has 6 rings (SSSR count). The van der Waals surface area contributed by atoms with Gasteiger partial charge < -0.3 is 5.32 Å². The number of amides is 1. The molecule has 3 heterocycles. The van der Waals surface area contributed by atoms with Gasteiger partial charge in [-0.2, -0.15) is 23.4 Å². The van der Waals surface area contributed by atoms with Crippen molar-refractivity contribution in [1.29, 1.82) is 0 Å². The van der Waals surface area contributed by atoms with Gasteiger partial charge in [0.25, 0.3) is 5.91 Å². The van der Waals surface area contributed by atoms with E-state index in [0.29, 0.717) is 40.6 Å². The minimum atomic E-state index is -4.69. The van der Waals surface area contributed by atoms with E-state index in [4.69, 9.17) is 11.6 Å². The van der Waals surface area contributed by atoms with Gasteiger partial charge in [0.1, 0.15) is 0 Å². The van der Waals surface area contributed by atoms with Crippen LogP contribution in [0.15, 0.2) is 54.6 Å². The standard InChI is InChI=1S/C28H22ClF3N6O/c1-15-24(16(2)37(35-15)14-18-8-4-6-10-21(18)29)34-27(39)22-13-23-33-25-19-9-5-3-7-17(19)11-12-20(25)26(28(30,31)32)38(23)36-22/h3-10,13H,11-12,14H2,1-2H3,(H,34,39). The summed E-state index contributed by atoms with van der Waals surface area (Å²) in [5.41, 5.74) is 3.36. The third kappa shape index (κ3) is 4.34. The highest BCUT2D eigenvalue weighted by molar-refractivity contribution is 6.31. The van der Waals surface area contributed by atoms with Crippen molar-refractivity contribution >= 4 is 28.8 Å². The SMILES string of the molecule is Cc1nn(Cc2ccccc2Cl)c(C)c1NC(=O)c1cc2nc3c(c(C(F)(F)F)n2n1)CCc1ccccc1-3. The van der Waals surface area contributed by atoms with Crippen LogP contribution in [0.1, 0.15) is 44.3 Å². The van der Waals surface area contributed by atoms with Crippen LogP contribution < -0.4 is 5.32 Å². The van der Waals surface area contributed by atoms with E-state index in [1.807, 2.05) is 30.3 Å². The Balaban J connectivity index is 1.38. The van der Waals surface area contributed by atoms with Crippen molar-refractivity contribution in [3.63, 3.8) is 0 Å². The number of rotatable bonds is 4. The number of aryl methyl sites for hydroxylation is 2. The number of alkyl halides is 3. The summed E-state index contributed by atoms with van der Waals surface area (Å²) in [6, 6.07) is 16.0. The Labute approximate surface area is 226 Å². The lowest BCUT2D eigenvalue weighted by molar-refractivity contribution is -0.143. The lowest BCUT2D eigenvalue weighted by Crippen LogP contribution is -2.21. The summed E-state index contributed by atoms with van der Waals surface area (Å²) in [7, 11) is 0. The second kappa shape index (κ2) is 9.23. The minimum absolute atomic E-state index is 0.0502. The van der Waals surface area contributed by atoms with Crippen LogP contribution in [0.5, 0.6) is 0 Å². The van der Waals surface area contributed by atoms with Gasteiger partial charge in [-0.25, -0.2) is 9.50 Å². The molecule has 11 heteroatoms. The monoisotopic (exact) mass is 550 g/mol. The Hall–Kier alpha value is -4.18. The van der Waals surface area contributed by atoms with Gasteiger partial charge in [-0.1, -0.05) is 54.1 Å². The fraction of sp³-hybridized carbons (Fsp3) is 0.214. The fourth-order valence-electron chi connectivity index (χ4n) is 5.13. The highest BCUT2D eigenvalue weighted by Crippen LogP contribution is 2.40. The van der Waals surface area contributed by atoms with E-state index >= 15 is 0 Å². The maximum atomic E-state index is 14.3. The van der Waals surface area contributed by atoms with Gasteiger partial charge >= 0.3 is 6.18 Å². The van der Waals surface area contributed by atoms with Crippen molar-refractivity contribution in [2.24, 2.45) is 0 Å². The number of nitrogens with zero attached hydrogens (tertiary/aromatic N) is 5. The zero-order valence-corrected chi connectivity index (χ0v) is 21.7. The molecule has 1 aliphatic rings. The van der Waals surface area contributed by atoms with Crippen molar-refractivity contribution in [1.82, 2.24) is 24.4 Å². The van der Waals surface area contributed by atoms with Crippen LogP contribution in [0.4, 0.5) is 18.9 Å². The number of carbonyl (C=O) groups is 1. The van der Waals surface area contributed by atoms with Crippen molar-refractivity contribution in [3.05, 3.63) is 99.1 Å². The minimum Gasteiger partial charge on any atom is -0.317 e. The summed E-state index contributed by atoms with van der Waals surface area (Å²) in [5, 5.41) is 12.0. The van der Waals surface area contributed by atoms with E-state index in [0.717, 1.165) is 15.6 Å². The van der Waals surface area contributed by atoms with E-state index in [1.165, 1.54) is 6.07 Å². The fourth-order valence-corrected chi connectivity index (χ4v) is 5.32. The Morgan fingerprint density at radius 2 is 1.79 bits per heavy atom. The molecule has 0 fully saturated rings. The van der Waals surface area contributed by atoms with Gasteiger partial charge in [0.2, 0.25) is 0 Å². The summed E-state index contributed by atoms with van der Waals surface area (Å²) >= 11 is 6.29. The lowest BCUT2D eigenvalue weighted by atomic mass is 9.88. The molecular weight excluding hydrogens is 529 g/mol. The van der Waals surface area contributed by atoms with Crippen LogP contribution in [-0.2, 0) is 25.6 Å². The third-order valence-corrected chi connectivity index (χ3v) is 7.39. The number of hydrogen-bond acceptors (Lipinski definition) is 4. The van der Waals surface area contributed by atoms with Crippen molar-refractivity contribution in [2.45, 2.75) is 39.4 Å². The van der Waals surface area contributed by atoms with Crippen LogP contribution >= 0.6 is 11.6 Å². The number of anilines is 1. The molecule has 198 valence electrons. The second-order valence-electron chi connectivity index (χ2n) is 9.49. The van der Waals surface area contributed by atoms with Crippen molar-refractivity contribution in [2.75, 3.05) is 5.32 Å². The molecule has 0 spiro atoms. The Morgan fingerprint density at radius 3 is 2.56 bits per heavy atom. The van der Waals surface area contributed by atoms with E-state index < -0.39 is 17.8 Å². The maximum absolute atomic E-state index is 14.3. The molecule has 0 radical (unpaired) electrons. The smallest absolute Gasteiger partial charge is 0.317 e. The molecule has 5 aromatic rings. The second-order valence-corrected chi connectivity index (χ2v) is 9.90. The molecule has 0 aliphatic heterocycles. The molecule has 1 aliphatic carbocycles. The Kier molecular flexibility index (Phi) is 5.95. The summed E-state index contributed by atoms with van der Waals surface area (Å²) in [5.74, 6) is -0.657. The largest absolute Gasteiger partial charge is 0.433 e. The molecule has 1 N–H and O–H groups in total. The number of carbonyl (C=O) groups excluding carboxylic acids is 1. The number of hydrogen-bond donors (Lipinski definition) is 1. The number of benzene rings is 2. The first-order chi connectivity index (χ1) is 18.6. The molecule has 0 unspecified atom stereocenters. The van der Waals surface area contributed by atoms with Gasteiger partial charge in [-0.15, -0.1) is 0 Å². The molecule has 0 atom stereocenters. The summed E-state index contributed by atoms with van der Waals surface area (Å²) < 4.78 is 45.5. The van der Waals surface area contributed by atoms with E-state index in [2.05, 4.69) is 20.5 Å². The predicted molar refractivity (Wildman–Crippen MR) is 141 cm³/mol. The van der Waals surface area contributed by atoms with Crippen LogP contribution in [0.25, 0.3) is 16.9 Å². The number of halogens is 4. The average Bonchev–Trinajstić information content (AvgIpc) is 3.44. The van der Waals surface area contributed by atoms with E-state index in [-0.39, 0.29) is 29.0 Å². The normalized spacial score (nSPS) is 12.9. The average molecular weight is 551 g/mol. The van der Waals surface area contributed by atoms with Crippen molar-refractivity contribution in [3.8, 4) is 11.3 Å². The molecule has 0 saturated heterocycles. The Morgan fingerprint density at radius 1 is 1.05 bits per heavy atom. The van der Waals surface area contributed by atoms with Gasteiger partial charge in [-0.3, -0.25) is 9.48 Å². The first-order valence-electron chi connectivity index (χ1n) is 12.3. The van der Waals surface area contributed by atoms with E-state index in [9.17, 15) is 18.0 Å². The zero-order chi connectivity index (χ0) is 27.5. The molecule has 0 bridgehead atoms. The number of nitrogens with one attached hydrogen (secondary N) is 1. The van der Waals surface area contributed by atoms with Gasteiger partial charge in [0.05, 0.1) is 29.3 Å². The van der Waals surface area contributed by atoms with Gasteiger partial charge in [0, 0.05) is 22.2 Å². The number of aromatic nitrogens is 5. The summed E-state index contributed by atoms with van der Waals surface area (Å²) in [6.07, 6.45) is -4.05. The Bertz CT molecular complexity index is 1770. The molecule has 2 aromatic carbocycles. The summed E-state index contributed by atoms with van der Waals surface area (Å²) in [6.45, 7) is 3.93. The zero-order valence-electron chi connectivity index (χ0n) is 21.0. The number of fused-ring (bicyclic) bond motifs is 4. The first kappa shape index (κ1) is 25.1. The lowest BCUT2D eigenvalue weighted by Gasteiger charge is -2.23. The first-order valence-corrected chi connectivity index (χ1v) is 12.7. The van der Waals surface area contributed by atoms with Crippen LogP contribution in [0.2, 0.25) is 5.02 Å². The van der Waals surface area contributed by atoms with Gasteiger partial charge in [-0.05, 0) is 43.9 Å². The summed E-state index contributed by atoms with van der Waals surface area (Å²) in [4.78, 5) is 17.8. The highest BCUT2D eigenvalue weighted by Gasteiger charge is 2.40. The third-order valence-electron chi connectivity index (χ3n) is 7.02. The maximum Gasteiger partial charge on any atom is 0.433 e. The van der Waals surface area contributed by atoms with Crippen LogP contribution in [-0.4, -0.2) is 30.3 Å². The quantitative estimate of drug-likeness (QED) is 0.286. The molecule has 7 nitrogen and oxygen atoms in total. The molecule has 39 heavy (non-hydrogen) atoms.